The molecule has 26 heavy (non-hydrogen) atoms. The second-order valence-corrected chi connectivity index (χ2v) is 6.22. The number of furan rings is 1. The number of anilines is 1. The molecule has 1 aliphatic heterocycles. The number of hydrogen-bond acceptors (Lipinski definition) is 6. The van der Waals surface area contributed by atoms with Gasteiger partial charge < -0.3 is 19.4 Å². The summed E-state index contributed by atoms with van der Waals surface area (Å²) in [6.07, 6.45) is 3.99. The molecule has 0 aliphatic carbocycles. The Labute approximate surface area is 150 Å². The van der Waals surface area contributed by atoms with Crippen molar-refractivity contribution in [2.45, 2.75) is 25.9 Å². The van der Waals surface area contributed by atoms with Crippen molar-refractivity contribution in [3.63, 3.8) is 0 Å². The molecule has 1 fully saturated rings. The smallest absolute Gasteiger partial charge is 0.409 e. The zero-order chi connectivity index (χ0) is 17.9. The summed E-state index contributed by atoms with van der Waals surface area (Å²) in [5, 5.41) is 3.46. The highest BCUT2D eigenvalue weighted by Crippen LogP contribution is 2.22. The standard InChI is InChI=1S/C18H21N5O3/c1-2-25-18(24)22-9-7-13(11-22)20-17-21-15-6-3-8-19-16(15)23(17)12-14-5-4-10-26-14/h3-6,8,10,13H,2,7,9,11-12H2,1H3,(H,20,21). The third-order valence-electron chi connectivity index (χ3n) is 4.45. The van der Waals surface area contributed by atoms with Gasteiger partial charge in [0.25, 0.3) is 0 Å². The summed E-state index contributed by atoms with van der Waals surface area (Å²) >= 11 is 0. The van der Waals surface area contributed by atoms with Crippen LogP contribution >= 0.6 is 0 Å². The maximum Gasteiger partial charge on any atom is 0.409 e. The Morgan fingerprint density at radius 3 is 3.15 bits per heavy atom. The Bertz CT molecular complexity index is 890. The van der Waals surface area contributed by atoms with Gasteiger partial charge in [0.15, 0.2) is 5.65 Å². The lowest BCUT2D eigenvalue weighted by Gasteiger charge is -2.17. The van der Waals surface area contributed by atoms with Gasteiger partial charge in [-0.25, -0.2) is 14.8 Å². The average molecular weight is 355 g/mol. The number of carbonyl (C=O) groups excluding carboxylic acids is 1. The monoisotopic (exact) mass is 355 g/mol. The van der Waals surface area contributed by atoms with Crippen LogP contribution in [-0.2, 0) is 11.3 Å². The number of amides is 1. The lowest BCUT2D eigenvalue weighted by Crippen LogP contribution is -2.32. The summed E-state index contributed by atoms with van der Waals surface area (Å²) in [5.41, 5.74) is 1.62. The highest BCUT2D eigenvalue weighted by Gasteiger charge is 2.28. The van der Waals surface area contributed by atoms with Gasteiger partial charge in [-0.1, -0.05) is 0 Å². The van der Waals surface area contributed by atoms with Gasteiger partial charge in [0, 0.05) is 25.3 Å². The molecule has 1 saturated heterocycles. The Balaban J connectivity index is 1.55. The molecule has 3 aromatic rings. The van der Waals surface area contributed by atoms with Crippen molar-refractivity contribution < 1.29 is 13.9 Å². The number of imidazole rings is 1. The molecule has 136 valence electrons. The quantitative estimate of drug-likeness (QED) is 0.757. The van der Waals surface area contributed by atoms with E-state index in [1.165, 1.54) is 0 Å². The summed E-state index contributed by atoms with van der Waals surface area (Å²) in [5.74, 6) is 1.56. The van der Waals surface area contributed by atoms with Crippen molar-refractivity contribution in [3.05, 3.63) is 42.5 Å². The first kappa shape index (κ1) is 16.4. The van der Waals surface area contributed by atoms with Crippen LogP contribution in [0.5, 0.6) is 0 Å². The molecule has 0 radical (unpaired) electrons. The molecule has 0 aromatic carbocycles. The number of ether oxygens (including phenoxy) is 1. The van der Waals surface area contributed by atoms with Crippen LogP contribution in [0.2, 0.25) is 0 Å². The summed E-state index contributed by atoms with van der Waals surface area (Å²) in [7, 11) is 0. The van der Waals surface area contributed by atoms with E-state index in [2.05, 4.69) is 15.3 Å². The number of rotatable bonds is 5. The molecule has 1 atom stereocenters. The van der Waals surface area contributed by atoms with E-state index < -0.39 is 0 Å². The molecule has 1 amide bonds. The summed E-state index contributed by atoms with van der Waals surface area (Å²) in [6.45, 7) is 4.01. The molecule has 4 rings (SSSR count). The Morgan fingerprint density at radius 1 is 1.42 bits per heavy atom. The van der Waals surface area contributed by atoms with Crippen LogP contribution < -0.4 is 5.32 Å². The molecule has 8 nitrogen and oxygen atoms in total. The first-order valence-electron chi connectivity index (χ1n) is 8.76. The Kier molecular flexibility index (Phi) is 4.47. The van der Waals surface area contributed by atoms with Gasteiger partial charge in [0.05, 0.1) is 19.4 Å². The highest BCUT2D eigenvalue weighted by atomic mass is 16.6. The number of likely N-dealkylation sites (tertiary alicyclic amines) is 1. The molecule has 1 N–H and O–H groups in total. The van der Waals surface area contributed by atoms with Crippen LogP contribution in [0.1, 0.15) is 19.1 Å². The fourth-order valence-electron chi connectivity index (χ4n) is 3.22. The molecule has 8 heteroatoms. The number of pyridine rings is 1. The molecule has 1 unspecified atom stereocenters. The molecule has 1 aliphatic rings. The van der Waals surface area contributed by atoms with E-state index in [0.29, 0.717) is 26.2 Å². The number of fused-ring (bicyclic) bond motifs is 1. The van der Waals surface area contributed by atoms with Gasteiger partial charge in [0.2, 0.25) is 5.95 Å². The fraction of sp³-hybridized carbons (Fsp3) is 0.389. The zero-order valence-electron chi connectivity index (χ0n) is 14.6. The summed E-state index contributed by atoms with van der Waals surface area (Å²) < 4.78 is 12.6. The van der Waals surface area contributed by atoms with Crippen molar-refractivity contribution in [3.8, 4) is 0 Å². The summed E-state index contributed by atoms with van der Waals surface area (Å²) in [6, 6.07) is 7.71. The van der Waals surface area contributed by atoms with Gasteiger partial charge in [-0.2, -0.15) is 0 Å². The number of nitrogens with one attached hydrogen (secondary N) is 1. The minimum Gasteiger partial charge on any atom is -0.467 e. The zero-order valence-corrected chi connectivity index (χ0v) is 14.6. The van der Waals surface area contributed by atoms with Crippen molar-refractivity contribution >= 4 is 23.2 Å². The molecule has 0 spiro atoms. The maximum absolute atomic E-state index is 11.9. The van der Waals surface area contributed by atoms with Crippen molar-refractivity contribution in [2.75, 3.05) is 25.0 Å². The second kappa shape index (κ2) is 7.07. The predicted molar refractivity (Wildman–Crippen MR) is 96.0 cm³/mol. The molecular formula is C18H21N5O3. The van der Waals surface area contributed by atoms with Gasteiger partial charge in [-0.05, 0) is 37.6 Å². The number of aromatic nitrogens is 3. The third kappa shape index (κ3) is 3.22. The number of hydrogen-bond donors (Lipinski definition) is 1. The maximum atomic E-state index is 11.9. The van der Waals surface area contributed by atoms with Crippen LogP contribution in [0.25, 0.3) is 11.2 Å². The van der Waals surface area contributed by atoms with Crippen molar-refractivity contribution in [1.82, 2.24) is 19.4 Å². The van der Waals surface area contributed by atoms with Crippen molar-refractivity contribution in [1.29, 1.82) is 0 Å². The molecule has 4 heterocycles. The Hall–Kier alpha value is -3.03. The van der Waals surface area contributed by atoms with Crippen LogP contribution in [0.3, 0.4) is 0 Å². The van der Waals surface area contributed by atoms with E-state index in [1.54, 1.807) is 17.4 Å². The topological polar surface area (TPSA) is 85.4 Å². The molecule has 0 bridgehead atoms. The predicted octanol–water partition coefficient (Wildman–Crippen LogP) is 2.72. The third-order valence-corrected chi connectivity index (χ3v) is 4.45. The Morgan fingerprint density at radius 2 is 2.35 bits per heavy atom. The van der Waals surface area contributed by atoms with Crippen LogP contribution in [0.15, 0.2) is 41.1 Å². The number of nitrogens with zero attached hydrogens (tertiary/aromatic N) is 4. The van der Waals surface area contributed by atoms with Gasteiger partial charge in [0.1, 0.15) is 11.3 Å². The van der Waals surface area contributed by atoms with E-state index in [1.807, 2.05) is 35.8 Å². The van der Waals surface area contributed by atoms with E-state index >= 15 is 0 Å². The van der Waals surface area contributed by atoms with Crippen LogP contribution in [0, 0.1) is 0 Å². The van der Waals surface area contributed by atoms with Crippen molar-refractivity contribution in [2.24, 2.45) is 0 Å². The average Bonchev–Trinajstić information content (AvgIpc) is 3.37. The first-order chi connectivity index (χ1) is 12.7. The molecule has 0 saturated carbocycles. The minimum atomic E-state index is -0.262. The van der Waals surface area contributed by atoms with Crippen LogP contribution in [0.4, 0.5) is 10.7 Å². The molecular weight excluding hydrogens is 334 g/mol. The SMILES string of the molecule is CCOC(=O)N1CCC(Nc2nc3cccnc3n2Cc2ccco2)C1. The highest BCUT2D eigenvalue weighted by molar-refractivity contribution is 5.74. The first-order valence-corrected chi connectivity index (χ1v) is 8.76. The van der Waals surface area contributed by atoms with Gasteiger partial charge in [-0.15, -0.1) is 0 Å². The number of carbonyl (C=O) groups is 1. The largest absolute Gasteiger partial charge is 0.467 e. The molecule has 3 aromatic heterocycles. The van der Waals surface area contributed by atoms with E-state index in [4.69, 9.17) is 9.15 Å². The lowest BCUT2D eigenvalue weighted by molar-refractivity contribution is 0.115. The second-order valence-electron chi connectivity index (χ2n) is 6.22. The van der Waals surface area contributed by atoms with Gasteiger partial charge >= 0.3 is 6.09 Å². The normalized spacial score (nSPS) is 17.0. The van der Waals surface area contributed by atoms with E-state index in [9.17, 15) is 4.79 Å². The minimum absolute atomic E-state index is 0.117. The van der Waals surface area contributed by atoms with E-state index in [-0.39, 0.29) is 12.1 Å². The lowest BCUT2D eigenvalue weighted by atomic mass is 10.3. The summed E-state index contributed by atoms with van der Waals surface area (Å²) in [4.78, 5) is 22.8. The van der Waals surface area contributed by atoms with Gasteiger partial charge in [-0.3, -0.25) is 4.57 Å². The van der Waals surface area contributed by atoms with E-state index in [0.717, 1.165) is 29.3 Å². The fourth-order valence-corrected chi connectivity index (χ4v) is 3.22. The van der Waals surface area contributed by atoms with Crippen LogP contribution in [-0.4, -0.2) is 51.3 Å².